The molecule has 0 aromatic heterocycles. The highest BCUT2D eigenvalue weighted by Gasteiger charge is 2.10. The fourth-order valence-corrected chi connectivity index (χ4v) is 1.24. The van der Waals surface area contributed by atoms with E-state index in [4.69, 9.17) is 14.6 Å². The van der Waals surface area contributed by atoms with Gasteiger partial charge in [0.05, 0.1) is 14.2 Å². The Kier molecular flexibility index (Phi) is 3.71. The van der Waals surface area contributed by atoms with Gasteiger partial charge in [-0.2, -0.15) is 0 Å². The van der Waals surface area contributed by atoms with Gasteiger partial charge >= 0.3 is 0 Å². The zero-order valence-electron chi connectivity index (χ0n) is 8.21. The van der Waals surface area contributed by atoms with Gasteiger partial charge in [0.1, 0.15) is 5.75 Å². The lowest BCUT2D eigenvalue weighted by atomic mass is 10.1. The normalized spacial score (nSPS) is 10.0. The number of hydrogen-bond donors (Lipinski definition) is 1. The minimum Gasteiger partial charge on any atom is -0.496 e. The molecule has 0 radical (unpaired) electrons. The second-order valence-corrected chi connectivity index (χ2v) is 2.77. The monoisotopic (exact) mass is 200 g/mol. The zero-order chi connectivity index (χ0) is 10.6. The fourth-order valence-electron chi connectivity index (χ4n) is 1.24. The summed E-state index contributed by atoms with van der Waals surface area (Å²) in [5, 5.41) is 8.75. The van der Waals surface area contributed by atoms with Gasteiger partial charge in [-0.3, -0.25) is 0 Å². The fraction of sp³-hybridized carbons (Fsp3) is 0.400. The smallest absolute Gasteiger partial charge is 0.165 e. The molecule has 0 atom stereocenters. The summed E-state index contributed by atoms with van der Waals surface area (Å²) in [4.78, 5) is 0. The summed E-state index contributed by atoms with van der Waals surface area (Å²) in [6, 6.07) is 2.79. The first kappa shape index (κ1) is 10.8. The molecule has 0 bridgehead atoms. The Morgan fingerprint density at radius 3 is 2.36 bits per heavy atom. The van der Waals surface area contributed by atoms with Crippen LogP contribution in [0.5, 0.6) is 11.5 Å². The molecule has 0 amide bonds. The number of hydrogen-bond acceptors (Lipinski definition) is 3. The van der Waals surface area contributed by atoms with E-state index in [2.05, 4.69) is 0 Å². The van der Waals surface area contributed by atoms with Gasteiger partial charge < -0.3 is 14.6 Å². The highest BCUT2D eigenvalue weighted by Crippen LogP contribution is 2.27. The molecule has 0 aliphatic carbocycles. The SMILES string of the molecule is COc1cc(OC)c(CCO)cc1F. The maximum absolute atomic E-state index is 13.2. The molecule has 14 heavy (non-hydrogen) atoms. The van der Waals surface area contributed by atoms with Gasteiger partial charge in [-0.05, 0) is 18.1 Å². The summed E-state index contributed by atoms with van der Waals surface area (Å²) in [6.07, 6.45) is 0.365. The van der Waals surface area contributed by atoms with Crippen LogP contribution >= 0.6 is 0 Å². The molecule has 0 fully saturated rings. The van der Waals surface area contributed by atoms with Crippen molar-refractivity contribution in [3.05, 3.63) is 23.5 Å². The van der Waals surface area contributed by atoms with Crippen molar-refractivity contribution in [1.29, 1.82) is 0 Å². The highest BCUT2D eigenvalue weighted by molar-refractivity contribution is 5.41. The number of aliphatic hydroxyl groups is 1. The minimum atomic E-state index is -0.447. The molecule has 1 aromatic rings. The van der Waals surface area contributed by atoms with Gasteiger partial charge in [0.25, 0.3) is 0 Å². The molecule has 1 N–H and O–H groups in total. The Labute approximate surface area is 82.1 Å². The van der Waals surface area contributed by atoms with Crippen LogP contribution in [-0.2, 0) is 6.42 Å². The minimum absolute atomic E-state index is 0.0396. The van der Waals surface area contributed by atoms with E-state index in [1.807, 2.05) is 0 Å². The average molecular weight is 200 g/mol. The maximum atomic E-state index is 13.2. The van der Waals surface area contributed by atoms with Crippen LogP contribution in [0, 0.1) is 5.82 Å². The zero-order valence-corrected chi connectivity index (χ0v) is 8.21. The second kappa shape index (κ2) is 4.81. The lowest BCUT2D eigenvalue weighted by Crippen LogP contribution is -1.98. The quantitative estimate of drug-likeness (QED) is 0.798. The van der Waals surface area contributed by atoms with Gasteiger partial charge in [0.15, 0.2) is 11.6 Å². The lowest BCUT2D eigenvalue weighted by Gasteiger charge is -2.10. The molecule has 0 aliphatic heterocycles. The third-order valence-electron chi connectivity index (χ3n) is 1.94. The molecule has 0 spiro atoms. The Morgan fingerprint density at radius 1 is 1.21 bits per heavy atom. The van der Waals surface area contributed by atoms with E-state index < -0.39 is 5.82 Å². The van der Waals surface area contributed by atoms with Crippen LogP contribution < -0.4 is 9.47 Å². The summed E-state index contributed by atoms with van der Waals surface area (Å²) in [6.45, 7) is -0.0396. The van der Waals surface area contributed by atoms with Crippen LogP contribution in [0.4, 0.5) is 4.39 Å². The Morgan fingerprint density at radius 2 is 1.86 bits per heavy atom. The molecule has 0 saturated carbocycles. The lowest BCUT2D eigenvalue weighted by molar-refractivity contribution is 0.296. The van der Waals surface area contributed by atoms with Gasteiger partial charge in [-0.25, -0.2) is 4.39 Å². The van der Waals surface area contributed by atoms with Crippen molar-refractivity contribution < 1.29 is 19.0 Å². The van der Waals surface area contributed by atoms with Crippen LogP contribution in [0.2, 0.25) is 0 Å². The topological polar surface area (TPSA) is 38.7 Å². The first-order valence-electron chi connectivity index (χ1n) is 4.24. The molecule has 0 heterocycles. The predicted molar refractivity (Wildman–Crippen MR) is 50.3 cm³/mol. The highest BCUT2D eigenvalue weighted by atomic mass is 19.1. The van der Waals surface area contributed by atoms with Crippen molar-refractivity contribution in [3.63, 3.8) is 0 Å². The van der Waals surface area contributed by atoms with E-state index in [0.29, 0.717) is 17.7 Å². The Hall–Kier alpha value is -1.29. The molecule has 0 unspecified atom stereocenters. The van der Waals surface area contributed by atoms with Crippen molar-refractivity contribution in [2.45, 2.75) is 6.42 Å². The van der Waals surface area contributed by atoms with E-state index >= 15 is 0 Å². The van der Waals surface area contributed by atoms with E-state index in [9.17, 15) is 4.39 Å². The summed E-state index contributed by atoms with van der Waals surface area (Å²) in [7, 11) is 2.89. The van der Waals surface area contributed by atoms with Crippen LogP contribution in [0.3, 0.4) is 0 Å². The number of halogens is 1. The van der Waals surface area contributed by atoms with Crippen molar-refractivity contribution in [3.8, 4) is 11.5 Å². The Bertz CT molecular complexity index is 312. The molecular weight excluding hydrogens is 187 g/mol. The number of aliphatic hydroxyl groups excluding tert-OH is 1. The predicted octanol–water partition coefficient (Wildman–Crippen LogP) is 1.38. The molecule has 1 rings (SSSR count). The number of rotatable bonds is 4. The third kappa shape index (κ3) is 2.14. The largest absolute Gasteiger partial charge is 0.496 e. The van der Waals surface area contributed by atoms with Crippen molar-refractivity contribution in [1.82, 2.24) is 0 Å². The molecule has 0 saturated heterocycles. The van der Waals surface area contributed by atoms with E-state index in [1.54, 1.807) is 0 Å². The van der Waals surface area contributed by atoms with Crippen molar-refractivity contribution >= 4 is 0 Å². The van der Waals surface area contributed by atoms with Crippen LogP contribution in [0.15, 0.2) is 12.1 Å². The van der Waals surface area contributed by atoms with Crippen molar-refractivity contribution in [2.24, 2.45) is 0 Å². The van der Waals surface area contributed by atoms with Crippen LogP contribution in [0.1, 0.15) is 5.56 Å². The number of ether oxygens (including phenoxy) is 2. The second-order valence-electron chi connectivity index (χ2n) is 2.77. The molecule has 1 aromatic carbocycles. The van der Waals surface area contributed by atoms with Crippen molar-refractivity contribution in [2.75, 3.05) is 20.8 Å². The van der Waals surface area contributed by atoms with Gasteiger partial charge in [0.2, 0.25) is 0 Å². The van der Waals surface area contributed by atoms with Gasteiger partial charge in [0, 0.05) is 12.7 Å². The van der Waals surface area contributed by atoms with E-state index in [1.165, 1.54) is 26.4 Å². The molecule has 0 aliphatic rings. The van der Waals surface area contributed by atoms with Crippen LogP contribution in [0.25, 0.3) is 0 Å². The molecule has 78 valence electrons. The first-order chi connectivity index (χ1) is 6.72. The van der Waals surface area contributed by atoms with E-state index in [0.717, 1.165) is 0 Å². The third-order valence-corrected chi connectivity index (χ3v) is 1.94. The summed E-state index contributed by atoms with van der Waals surface area (Å²) < 4.78 is 23.1. The summed E-state index contributed by atoms with van der Waals surface area (Å²) >= 11 is 0. The molecule has 4 heteroatoms. The average Bonchev–Trinajstić information content (AvgIpc) is 2.19. The van der Waals surface area contributed by atoms with E-state index in [-0.39, 0.29) is 12.4 Å². The number of benzene rings is 1. The molecule has 3 nitrogen and oxygen atoms in total. The van der Waals surface area contributed by atoms with Crippen LogP contribution in [-0.4, -0.2) is 25.9 Å². The first-order valence-corrected chi connectivity index (χ1v) is 4.24. The molecular formula is C10H13FO3. The Balaban J connectivity index is 3.10. The van der Waals surface area contributed by atoms with Gasteiger partial charge in [-0.1, -0.05) is 0 Å². The summed E-state index contributed by atoms with van der Waals surface area (Å²) in [5.74, 6) is 0.220. The standard InChI is InChI=1S/C10H13FO3/c1-13-9-6-10(14-2)8(11)5-7(9)3-4-12/h5-6,12H,3-4H2,1-2H3. The van der Waals surface area contributed by atoms with Gasteiger partial charge in [-0.15, -0.1) is 0 Å². The number of methoxy groups -OCH3 is 2. The summed E-state index contributed by atoms with van der Waals surface area (Å²) in [5.41, 5.74) is 0.633. The maximum Gasteiger partial charge on any atom is 0.165 e.